The van der Waals surface area contributed by atoms with Gasteiger partial charge >= 0.3 is 0 Å². The Hall–Kier alpha value is -4.57. The minimum atomic E-state index is -0.304. The molecule has 0 radical (unpaired) electrons. The lowest BCUT2D eigenvalue weighted by Crippen LogP contribution is -2.46. The van der Waals surface area contributed by atoms with Gasteiger partial charge in [0.25, 0.3) is 5.69 Å². The maximum atomic E-state index is 11.6. The normalized spacial score (nSPS) is 15.9. The van der Waals surface area contributed by atoms with Crippen LogP contribution in [-0.2, 0) is 19.5 Å². The second kappa shape index (κ2) is 10.1. The molecule has 4 aromatic rings. The van der Waals surface area contributed by atoms with Crippen LogP contribution < -0.4 is 28.4 Å². The maximum Gasteiger partial charge on any atom is 0.292 e. The van der Waals surface area contributed by atoms with Crippen molar-refractivity contribution in [1.82, 2.24) is 4.90 Å². The number of fused-ring (bicyclic) bond motifs is 5. The number of hydrogen-bond donors (Lipinski definition) is 0. The highest BCUT2D eigenvalue weighted by molar-refractivity contribution is 5.94. The van der Waals surface area contributed by atoms with E-state index in [0.717, 1.165) is 77.4 Å². The van der Waals surface area contributed by atoms with E-state index >= 15 is 0 Å². The molecule has 210 valence electrons. The van der Waals surface area contributed by atoms with Crippen LogP contribution in [0.1, 0.15) is 11.1 Å². The quantitative estimate of drug-likeness (QED) is 0.197. The first-order valence-electron chi connectivity index (χ1n) is 13.8. The molecular formula is C31H31N4O6+. The van der Waals surface area contributed by atoms with Gasteiger partial charge in [-0.2, -0.15) is 4.57 Å². The van der Waals surface area contributed by atoms with Gasteiger partial charge in [-0.05, 0) is 35.4 Å². The smallest absolute Gasteiger partial charge is 0.292 e. The third-order valence-corrected chi connectivity index (χ3v) is 8.39. The molecule has 0 spiro atoms. The van der Waals surface area contributed by atoms with Gasteiger partial charge in [-0.15, -0.1) is 0 Å². The standard InChI is InChI=1S/C31H31N4O6/c1-38-30-14-21(17-32-9-11-33(12-10-32)25-5-3-4-6-26(25)35(36)37)22-15-27-23-16-29-28(40-19-41-29)13-20(23)7-8-34(27)18-24(22)31(30)39-2/h3-6,13-16,18H,7-12,17,19H2,1-2H3/q+1. The second-order valence-electron chi connectivity index (χ2n) is 10.6. The summed E-state index contributed by atoms with van der Waals surface area (Å²) >= 11 is 0. The molecule has 0 aliphatic carbocycles. The summed E-state index contributed by atoms with van der Waals surface area (Å²) in [7, 11) is 3.35. The number of aryl methyl sites for hydroxylation is 2. The van der Waals surface area contributed by atoms with Gasteiger partial charge in [0.15, 0.2) is 35.7 Å². The van der Waals surface area contributed by atoms with Gasteiger partial charge in [0.05, 0.1) is 30.1 Å². The molecule has 10 nitrogen and oxygen atoms in total. The Labute approximate surface area is 237 Å². The van der Waals surface area contributed by atoms with Crippen LogP contribution >= 0.6 is 0 Å². The highest BCUT2D eigenvalue weighted by atomic mass is 16.7. The number of ether oxygens (including phenoxy) is 4. The monoisotopic (exact) mass is 555 g/mol. The topological polar surface area (TPSA) is 90.4 Å². The highest BCUT2D eigenvalue weighted by Gasteiger charge is 2.30. The minimum Gasteiger partial charge on any atom is -0.493 e. The van der Waals surface area contributed by atoms with Crippen LogP contribution in [0.4, 0.5) is 11.4 Å². The van der Waals surface area contributed by atoms with Crippen molar-refractivity contribution >= 4 is 22.1 Å². The van der Waals surface area contributed by atoms with E-state index in [1.165, 1.54) is 5.56 Å². The second-order valence-corrected chi connectivity index (χ2v) is 10.6. The van der Waals surface area contributed by atoms with E-state index in [0.29, 0.717) is 24.5 Å². The molecule has 0 saturated carbocycles. The molecule has 0 bridgehead atoms. The van der Waals surface area contributed by atoms with Crippen molar-refractivity contribution in [1.29, 1.82) is 0 Å². The molecule has 4 heterocycles. The molecule has 41 heavy (non-hydrogen) atoms. The Morgan fingerprint density at radius 3 is 2.51 bits per heavy atom. The van der Waals surface area contributed by atoms with Crippen LogP contribution in [0.25, 0.3) is 22.0 Å². The van der Waals surface area contributed by atoms with Crippen molar-refractivity contribution < 1.29 is 28.4 Å². The van der Waals surface area contributed by atoms with Gasteiger partial charge in [-0.25, -0.2) is 0 Å². The molecule has 3 aliphatic rings. The Morgan fingerprint density at radius 2 is 1.76 bits per heavy atom. The minimum absolute atomic E-state index is 0.150. The molecule has 1 aromatic heterocycles. The van der Waals surface area contributed by atoms with Crippen LogP contribution in [0.5, 0.6) is 23.0 Å². The largest absolute Gasteiger partial charge is 0.493 e. The first-order valence-corrected chi connectivity index (χ1v) is 13.8. The Morgan fingerprint density at radius 1 is 0.976 bits per heavy atom. The number of benzene rings is 3. The van der Waals surface area contributed by atoms with Crippen LogP contribution in [-0.4, -0.2) is 57.0 Å². The zero-order valence-corrected chi connectivity index (χ0v) is 23.1. The number of aromatic nitrogens is 1. The van der Waals surface area contributed by atoms with E-state index < -0.39 is 0 Å². The van der Waals surface area contributed by atoms with Crippen molar-refractivity contribution in [3.63, 3.8) is 0 Å². The summed E-state index contributed by atoms with van der Waals surface area (Å²) in [5, 5.41) is 13.7. The third kappa shape index (κ3) is 4.35. The molecule has 3 aromatic carbocycles. The van der Waals surface area contributed by atoms with Crippen LogP contribution in [0.2, 0.25) is 0 Å². The van der Waals surface area contributed by atoms with Gasteiger partial charge in [0.2, 0.25) is 12.5 Å². The van der Waals surface area contributed by atoms with Crippen molar-refractivity contribution in [3.05, 3.63) is 76.0 Å². The molecule has 1 saturated heterocycles. The molecule has 0 unspecified atom stereocenters. The number of para-hydroxylation sites is 2. The fourth-order valence-electron chi connectivity index (χ4n) is 6.33. The Kier molecular flexibility index (Phi) is 6.27. The van der Waals surface area contributed by atoms with Crippen LogP contribution in [0.15, 0.2) is 54.7 Å². The number of piperazine rings is 1. The van der Waals surface area contributed by atoms with Crippen molar-refractivity contribution in [2.24, 2.45) is 0 Å². The Bertz CT molecular complexity index is 1680. The summed E-state index contributed by atoms with van der Waals surface area (Å²) in [6.45, 7) is 4.81. The average Bonchev–Trinajstić information content (AvgIpc) is 3.47. The number of nitrogens with zero attached hydrogens (tertiary/aromatic N) is 4. The van der Waals surface area contributed by atoms with Crippen molar-refractivity contribution in [2.45, 2.75) is 19.5 Å². The van der Waals surface area contributed by atoms with E-state index in [-0.39, 0.29) is 17.4 Å². The third-order valence-electron chi connectivity index (χ3n) is 8.39. The average molecular weight is 556 g/mol. The summed E-state index contributed by atoms with van der Waals surface area (Å²) < 4.78 is 25.3. The molecule has 7 rings (SSSR count). The van der Waals surface area contributed by atoms with Crippen LogP contribution in [0.3, 0.4) is 0 Å². The zero-order valence-electron chi connectivity index (χ0n) is 23.1. The van der Waals surface area contributed by atoms with Crippen molar-refractivity contribution in [3.8, 4) is 34.3 Å². The fraction of sp³-hybridized carbons (Fsp3) is 0.323. The van der Waals surface area contributed by atoms with E-state index in [1.54, 1.807) is 26.4 Å². The number of methoxy groups -OCH3 is 2. The van der Waals surface area contributed by atoms with Gasteiger partial charge in [0, 0.05) is 56.7 Å². The zero-order chi connectivity index (χ0) is 28.1. The van der Waals surface area contributed by atoms with E-state index in [4.69, 9.17) is 18.9 Å². The number of rotatable bonds is 6. The lowest BCUT2D eigenvalue weighted by Gasteiger charge is -2.36. The number of hydrogen-bond acceptors (Lipinski definition) is 8. The number of nitro benzene ring substituents is 1. The molecule has 3 aliphatic heterocycles. The van der Waals surface area contributed by atoms with Gasteiger partial charge in [-0.3, -0.25) is 15.0 Å². The predicted molar refractivity (Wildman–Crippen MR) is 153 cm³/mol. The highest BCUT2D eigenvalue weighted by Crippen LogP contribution is 2.43. The van der Waals surface area contributed by atoms with Crippen molar-refractivity contribution in [2.75, 3.05) is 52.1 Å². The maximum absolute atomic E-state index is 11.6. The molecule has 0 atom stereocenters. The summed E-state index contributed by atoms with van der Waals surface area (Å²) in [5.74, 6) is 3.01. The fourth-order valence-corrected chi connectivity index (χ4v) is 6.33. The lowest BCUT2D eigenvalue weighted by molar-refractivity contribution is -0.686. The van der Waals surface area contributed by atoms with Gasteiger partial charge in [-0.1, -0.05) is 12.1 Å². The summed E-state index contributed by atoms with van der Waals surface area (Å²) in [5.41, 5.74) is 5.51. The molecule has 0 N–H and O–H groups in total. The van der Waals surface area contributed by atoms with E-state index in [2.05, 4.69) is 44.8 Å². The SMILES string of the molecule is COc1cc(CN2CCN(c3ccccc3[N+](=O)[O-])CC2)c2cc3[n+](cc2c1OC)CCc1cc2c(cc1-3)OCO2. The molecule has 10 heteroatoms. The first-order chi connectivity index (χ1) is 20.0. The van der Waals surface area contributed by atoms with Crippen LogP contribution in [0, 0.1) is 10.1 Å². The summed E-state index contributed by atoms with van der Waals surface area (Å²) in [4.78, 5) is 15.8. The van der Waals surface area contributed by atoms with E-state index in [9.17, 15) is 10.1 Å². The number of nitro groups is 1. The van der Waals surface area contributed by atoms with Gasteiger partial charge in [0.1, 0.15) is 5.69 Å². The molecule has 0 amide bonds. The number of pyridine rings is 1. The predicted octanol–water partition coefficient (Wildman–Crippen LogP) is 4.33. The summed E-state index contributed by atoms with van der Waals surface area (Å²) in [6.07, 6.45) is 3.08. The number of anilines is 1. The lowest BCUT2D eigenvalue weighted by atomic mass is 9.93. The Balaban J connectivity index is 1.24. The molecular weight excluding hydrogens is 524 g/mol. The molecule has 1 fully saturated rings. The summed E-state index contributed by atoms with van der Waals surface area (Å²) in [6, 6.07) is 15.5. The van der Waals surface area contributed by atoms with Gasteiger partial charge < -0.3 is 23.8 Å². The first kappa shape index (κ1) is 25.4. The van der Waals surface area contributed by atoms with E-state index in [1.807, 2.05) is 12.1 Å².